The first-order valence-electron chi connectivity index (χ1n) is 6.13. The molecule has 2 heterocycles. The van der Waals surface area contributed by atoms with Crippen molar-refractivity contribution >= 4 is 0 Å². The van der Waals surface area contributed by atoms with Gasteiger partial charge in [-0.05, 0) is 46.7 Å². The number of hydrogen-bond donors (Lipinski definition) is 2. The van der Waals surface area contributed by atoms with Gasteiger partial charge in [0.05, 0.1) is 11.7 Å². The van der Waals surface area contributed by atoms with Gasteiger partial charge in [0.1, 0.15) is 0 Å². The highest BCUT2D eigenvalue weighted by Crippen LogP contribution is 2.26. The van der Waals surface area contributed by atoms with Crippen molar-refractivity contribution in [3.8, 4) is 0 Å². The number of nitrogens with one attached hydrogen (secondary N) is 1. The van der Waals surface area contributed by atoms with Gasteiger partial charge in [-0.2, -0.15) is 5.10 Å². The van der Waals surface area contributed by atoms with E-state index in [0.29, 0.717) is 6.04 Å². The lowest BCUT2D eigenvalue weighted by molar-refractivity contribution is 0.337. The molecule has 1 aromatic rings. The first-order chi connectivity index (χ1) is 7.61. The summed E-state index contributed by atoms with van der Waals surface area (Å²) < 4.78 is 2.19. The fourth-order valence-corrected chi connectivity index (χ4v) is 2.74. The van der Waals surface area contributed by atoms with Crippen LogP contribution in [0.1, 0.15) is 48.8 Å². The summed E-state index contributed by atoms with van der Waals surface area (Å²) in [4.78, 5) is 0. The van der Waals surface area contributed by atoms with E-state index in [1.807, 2.05) is 6.92 Å². The van der Waals surface area contributed by atoms with Crippen LogP contribution < -0.4 is 11.1 Å². The zero-order chi connectivity index (χ0) is 11.7. The molecule has 4 nitrogen and oxygen atoms in total. The van der Waals surface area contributed by atoms with Crippen molar-refractivity contribution in [3.63, 3.8) is 0 Å². The first kappa shape index (κ1) is 11.6. The van der Waals surface area contributed by atoms with Crippen molar-refractivity contribution in [2.45, 2.75) is 45.7 Å². The van der Waals surface area contributed by atoms with Gasteiger partial charge >= 0.3 is 0 Å². The molecule has 1 aliphatic rings. The quantitative estimate of drug-likeness (QED) is 0.796. The van der Waals surface area contributed by atoms with Crippen LogP contribution >= 0.6 is 0 Å². The Morgan fingerprint density at radius 3 is 2.50 bits per heavy atom. The minimum Gasteiger partial charge on any atom is -0.324 e. The van der Waals surface area contributed by atoms with Gasteiger partial charge in [0, 0.05) is 17.3 Å². The van der Waals surface area contributed by atoms with Crippen molar-refractivity contribution in [2.24, 2.45) is 5.73 Å². The molecule has 2 rings (SSSR count). The molecule has 1 aliphatic heterocycles. The Bertz CT molecular complexity index is 361. The highest BCUT2D eigenvalue weighted by molar-refractivity contribution is 5.27. The summed E-state index contributed by atoms with van der Waals surface area (Å²) in [7, 11) is 0. The lowest BCUT2D eigenvalue weighted by Crippen LogP contribution is -2.30. The van der Waals surface area contributed by atoms with Crippen molar-refractivity contribution in [1.82, 2.24) is 15.1 Å². The van der Waals surface area contributed by atoms with Gasteiger partial charge in [-0.15, -0.1) is 0 Å². The summed E-state index contributed by atoms with van der Waals surface area (Å²) in [5.74, 6) is 0. The molecule has 0 radical (unpaired) electrons. The third kappa shape index (κ3) is 1.99. The average Bonchev–Trinajstić information content (AvgIpc) is 2.55. The number of aromatic nitrogens is 2. The fourth-order valence-electron chi connectivity index (χ4n) is 2.74. The van der Waals surface area contributed by atoms with Crippen molar-refractivity contribution < 1.29 is 0 Å². The van der Waals surface area contributed by atoms with Crippen LogP contribution in [-0.4, -0.2) is 22.9 Å². The maximum absolute atomic E-state index is 5.99. The SMILES string of the molecule is Cc1nn(C2CCNCC2)c(C)c1C(C)N. The van der Waals surface area contributed by atoms with Crippen LogP contribution in [-0.2, 0) is 0 Å². The molecule has 1 saturated heterocycles. The van der Waals surface area contributed by atoms with E-state index in [2.05, 4.69) is 28.9 Å². The van der Waals surface area contributed by atoms with E-state index in [-0.39, 0.29) is 6.04 Å². The Kier molecular flexibility index (Phi) is 3.30. The third-order valence-electron chi connectivity index (χ3n) is 3.49. The predicted molar refractivity (Wildman–Crippen MR) is 65.4 cm³/mol. The molecule has 1 fully saturated rings. The molecule has 1 aromatic heterocycles. The Morgan fingerprint density at radius 2 is 2.00 bits per heavy atom. The zero-order valence-corrected chi connectivity index (χ0v) is 10.5. The fraction of sp³-hybridized carbons (Fsp3) is 0.750. The molecule has 0 aromatic carbocycles. The van der Waals surface area contributed by atoms with Crippen LogP contribution in [0.3, 0.4) is 0 Å². The lowest BCUT2D eigenvalue weighted by atomic mass is 10.0. The van der Waals surface area contributed by atoms with Crippen LogP contribution in [0.2, 0.25) is 0 Å². The normalized spacial score (nSPS) is 20.0. The molecule has 1 atom stereocenters. The van der Waals surface area contributed by atoms with Crippen LogP contribution in [0.15, 0.2) is 0 Å². The maximum atomic E-state index is 5.99. The van der Waals surface area contributed by atoms with E-state index in [1.54, 1.807) is 0 Å². The molecule has 3 N–H and O–H groups in total. The predicted octanol–water partition coefficient (Wildman–Crippen LogP) is 1.44. The number of nitrogens with two attached hydrogens (primary N) is 1. The number of rotatable bonds is 2. The summed E-state index contributed by atoms with van der Waals surface area (Å²) in [5, 5.41) is 8.05. The topological polar surface area (TPSA) is 55.9 Å². The molecule has 0 bridgehead atoms. The van der Waals surface area contributed by atoms with Gasteiger partial charge in [0.15, 0.2) is 0 Å². The molecule has 0 spiro atoms. The Hall–Kier alpha value is -0.870. The monoisotopic (exact) mass is 222 g/mol. The molecule has 0 amide bonds. The van der Waals surface area contributed by atoms with E-state index in [9.17, 15) is 0 Å². The Balaban J connectivity index is 2.30. The second-order valence-corrected chi connectivity index (χ2v) is 4.80. The number of aryl methyl sites for hydroxylation is 1. The van der Waals surface area contributed by atoms with E-state index in [0.717, 1.165) is 18.8 Å². The molecule has 4 heteroatoms. The van der Waals surface area contributed by atoms with Crippen molar-refractivity contribution in [2.75, 3.05) is 13.1 Å². The number of hydrogen-bond acceptors (Lipinski definition) is 3. The molecular formula is C12H22N4. The van der Waals surface area contributed by atoms with Crippen LogP contribution in [0, 0.1) is 13.8 Å². The number of piperidine rings is 1. The van der Waals surface area contributed by atoms with Crippen LogP contribution in [0.4, 0.5) is 0 Å². The minimum absolute atomic E-state index is 0.0791. The molecular weight excluding hydrogens is 200 g/mol. The van der Waals surface area contributed by atoms with E-state index >= 15 is 0 Å². The highest BCUT2D eigenvalue weighted by Gasteiger charge is 2.21. The summed E-state index contributed by atoms with van der Waals surface area (Å²) in [6, 6.07) is 0.628. The summed E-state index contributed by atoms with van der Waals surface area (Å²) in [6.45, 7) is 8.42. The Labute approximate surface area is 97.2 Å². The average molecular weight is 222 g/mol. The third-order valence-corrected chi connectivity index (χ3v) is 3.49. The highest BCUT2D eigenvalue weighted by atomic mass is 15.3. The Morgan fingerprint density at radius 1 is 1.38 bits per heavy atom. The molecule has 90 valence electrons. The van der Waals surface area contributed by atoms with E-state index in [4.69, 9.17) is 5.73 Å². The lowest BCUT2D eigenvalue weighted by Gasteiger charge is -2.24. The van der Waals surface area contributed by atoms with Gasteiger partial charge in [-0.3, -0.25) is 4.68 Å². The van der Waals surface area contributed by atoms with Gasteiger partial charge < -0.3 is 11.1 Å². The maximum Gasteiger partial charge on any atom is 0.0644 e. The van der Waals surface area contributed by atoms with E-state index in [1.165, 1.54) is 24.1 Å². The molecule has 16 heavy (non-hydrogen) atoms. The second kappa shape index (κ2) is 4.55. The summed E-state index contributed by atoms with van der Waals surface area (Å²) in [6.07, 6.45) is 2.33. The summed E-state index contributed by atoms with van der Waals surface area (Å²) in [5.41, 5.74) is 9.55. The minimum atomic E-state index is 0.0791. The van der Waals surface area contributed by atoms with E-state index < -0.39 is 0 Å². The standard InChI is InChI=1S/C12H22N4/c1-8(13)12-9(2)15-16(10(12)3)11-4-6-14-7-5-11/h8,11,14H,4-7,13H2,1-3H3. The summed E-state index contributed by atoms with van der Waals surface area (Å²) >= 11 is 0. The molecule has 0 aliphatic carbocycles. The van der Waals surface area contributed by atoms with Crippen molar-refractivity contribution in [1.29, 1.82) is 0 Å². The van der Waals surface area contributed by atoms with Gasteiger partial charge in [0.25, 0.3) is 0 Å². The first-order valence-corrected chi connectivity index (χ1v) is 6.13. The largest absolute Gasteiger partial charge is 0.324 e. The van der Waals surface area contributed by atoms with Gasteiger partial charge in [-0.25, -0.2) is 0 Å². The van der Waals surface area contributed by atoms with Crippen LogP contribution in [0.5, 0.6) is 0 Å². The smallest absolute Gasteiger partial charge is 0.0644 e. The van der Waals surface area contributed by atoms with Gasteiger partial charge in [0.2, 0.25) is 0 Å². The van der Waals surface area contributed by atoms with Crippen molar-refractivity contribution in [3.05, 3.63) is 17.0 Å². The van der Waals surface area contributed by atoms with Crippen LogP contribution in [0.25, 0.3) is 0 Å². The molecule has 1 unspecified atom stereocenters. The zero-order valence-electron chi connectivity index (χ0n) is 10.5. The molecule has 0 saturated carbocycles. The van der Waals surface area contributed by atoms with Gasteiger partial charge in [-0.1, -0.05) is 0 Å². The number of nitrogens with zero attached hydrogens (tertiary/aromatic N) is 2. The second-order valence-electron chi connectivity index (χ2n) is 4.80.